The van der Waals surface area contributed by atoms with Crippen LogP contribution in [-0.4, -0.2) is 24.0 Å². The largest absolute Gasteiger partial charge is 0.479 e. The second-order valence-electron chi connectivity index (χ2n) is 2.53. The van der Waals surface area contributed by atoms with Gasteiger partial charge < -0.3 is 10.1 Å². The summed E-state index contributed by atoms with van der Waals surface area (Å²) in [6, 6.07) is 2.96. The molecule has 0 aliphatic carbocycles. The number of nitrogens with zero attached hydrogens (tertiary/aromatic N) is 1. The number of rotatable bonds is 4. The molecule has 76 valence electrons. The Labute approximate surface area is 81.1 Å². The van der Waals surface area contributed by atoms with Crippen LogP contribution in [0.1, 0.15) is 6.92 Å². The third kappa shape index (κ3) is 3.01. The predicted molar refractivity (Wildman–Crippen MR) is 48.4 cm³/mol. The minimum atomic E-state index is -0.711. The Balaban J connectivity index is 2.46. The van der Waals surface area contributed by atoms with Gasteiger partial charge in [-0.25, -0.2) is 4.98 Å². The van der Waals surface area contributed by atoms with Crippen LogP contribution >= 0.6 is 0 Å². The average molecular weight is 198 g/mol. The van der Waals surface area contributed by atoms with E-state index in [0.717, 1.165) is 0 Å². The van der Waals surface area contributed by atoms with Gasteiger partial charge in [0.1, 0.15) is 0 Å². The van der Waals surface area contributed by atoms with Gasteiger partial charge in [-0.05, 0) is 19.1 Å². The van der Waals surface area contributed by atoms with Gasteiger partial charge in [-0.3, -0.25) is 4.79 Å². The maximum Gasteiger partial charge on any atom is 0.257 e. The fourth-order valence-electron chi connectivity index (χ4n) is 0.870. The van der Waals surface area contributed by atoms with Gasteiger partial charge in [0.15, 0.2) is 12.4 Å². The Bertz CT molecular complexity index is 317. The molecule has 0 fully saturated rings. The number of amides is 1. The van der Waals surface area contributed by atoms with Crippen molar-refractivity contribution in [1.29, 1.82) is 0 Å². The van der Waals surface area contributed by atoms with Crippen molar-refractivity contribution >= 4 is 5.91 Å². The van der Waals surface area contributed by atoms with Crippen molar-refractivity contribution in [3.8, 4) is 5.75 Å². The number of nitrogens with one attached hydrogen (secondary N) is 1. The summed E-state index contributed by atoms with van der Waals surface area (Å²) in [5.41, 5.74) is 0. The van der Waals surface area contributed by atoms with Crippen LogP contribution in [0.2, 0.25) is 0 Å². The first kappa shape index (κ1) is 10.4. The molecule has 0 aliphatic heterocycles. The highest BCUT2D eigenvalue weighted by molar-refractivity contribution is 5.77. The first-order chi connectivity index (χ1) is 6.74. The van der Waals surface area contributed by atoms with Crippen LogP contribution in [0.5, 0.6) is 5.75 Å². The van der Waals surface area contributed by atoms with Crippen LogP contribution < -0.4 is 10.1 Å². The van der Waals surface area contributed by atoms with Gasteiger partial charge in [-0.15, -0.1) is 0 Å². The Hall–Kier alpha value is -1.65. The van der Waals surface area contributed by atoms with Gasteiger partial charge in [0, 0.05) is 12.7 Å². The number of halogens is 1. The normalized spacial score (nSPS) is 9.57. The summed E-state index contributed by atoms with van der Waals surface area (Å²) in [6.07, 6.45) is 1.31. The topological polar surface area (TPSA) is 51.2 Å². The molecule has 0 aromatic carbocycles. The van der Waals surface area contributed by atoms with E-state index in [1.165, 1.54) is 18.3 Å². The molecule has 5 heteroatoms. The van der Waals surface area contributed by atoms with Crippen molar-refractivity contribution in [2.75, 3.05) is 13.2 Å². The number of carbonyl (C=O) groups is 1. The van der Waals surface area contributed by atoms with E-state index in [-0.39, 0.29) is 18.3 Å². The Morgan fingerprint density at radius 1 is 1.71 bits per heavy atom. The zero-order valence-corrected chi connectivity index (χ0v) is 7.79. The monoisotopic (exact) mass is 198 g/mol. The minimum absolute atomic E-state index is 0.0150. The zero-order chi connectivity index (χ0) is 10.4. The lowest BCUT2D eigenvalue weighted by Crippen LogP contribution is -2.28. The van der Waals surface area contributed by atoms with Crippen LogP contribution in [0, 0.1) is 5.95 Å². The molecule has 1 N–H and O–H groups in total. The third-order valence-electron chi connectivity index (χ3n) is 1.46. The lowest BCUT2D eigenvalue weighted by molar-refractivity contribution is -0.123. The van der Waals surface area contributed by atoms with E-state index in [1.807, 2.05) is 0 Å². The summed E-state index contributed by atoms with van der Waals surface area (Å²) >= 11 is 0. The number of ether oxygens (including phenoxy) is 1. The lowest BCUT2D eigenvalue weighted by Gasteiger charge is -2.05. The predicted octanol–water partition coefficient (Wildman–Crippen LogP) is 0.736. The molecule has 0 saturated carbocycles. The number of hydrogen-bond acceptors (Lipinski definition) is 3. The molecule has 4 nitrogen and oxygen atoms in total. The molecule has 14 heavy (non-hydrogen) atoms. The molecule has 0 unspecified atom stereocenters. The summed E-state index contributed by atoms with van der Waals surface area (Å²) in [7, 11) is 0. The quantitative estimate of drug-likeness (QED) is 0.726. The average Bonchev–Trinajstić information content (AvgIpc) is 2.17. The molecule has 1 amide bonds. The van der Waals surface area contributed by atoms with Crippen molar-refractivity contribution in [3.63, 3.8) is 0 Å². The second kappa shape index (κ2) is 5.16. The molecule has 1 aromatic heterocycles. The lowest BCUT2D eigenvalue weighted by atomic mass is 10.4. The fraction of sp³-hybridized carbons (Fsp3) is 0.333. The van der Waals surface area contributed by atoms with Crippen LogP contribution in [-0.2, 0) is 4.79 Å². The first-order valence-electron chi connectivity index (χ1n) is 4.24. The van der Waals surface area contributed by atoms with E-state index >= 15 is 0 Å². The van der Waals surface area contributed by atoms with Gasteiger partial charge in [-0.2, -0.15) is 4.39 Å². The van der Waals surface area contributed by atoms with Crippen LogP contribution in [0.3, 0.4) is 0 Å². The summed E-state index contributed by atoms with van der Waals surface area (Å²) in [4.78, 5) is 14.3. The van der Waals surface area contributed by atoms with Gasteiger partial charge in [0.25, 0.3) is 11.9 Å². The van der Waals surface area contributed by atoms with E-state index in [4.69, 9.17) is 4.74 Å². The van der Waals surface area contributed by atoms with E-state index in [0.29, 0.717) is 6.54 Å². The first-order valence-corrected chi connectivity index (χ1v) is 4.24. The standard InChI is InChI=1S/C9H11FN2O2/c1-2-11-8(13)6-14-7-4-3-5-12-9(7)10/h3-5H,2,6H2,1H3,(H,11,13). The highest BCUT2D eigenvalue weighted by atomic mass is 19.1. The smallest absolute Gasteiger partial charge is 0.257 e. The molecule has 0 radical (unpaired) electrons. The van der Waals surface area contributed by atoms with Gasteiger partial charge in [-0.1, -0.05) is 0 Å². The van der Waals surface area contributed by atoms with Crippen LogP contribution in [0.4, 0.5) is 4.39 Å². The number of likely N-dealkylation sites (N-methyl/N-ethyl adjacent to an activating group) is 1. The van der Waals surface area contributed by atoms with Crippen molar-refractivity contribution in [2.24, 2.45) is 0 Å². The molecule has 1 rings (SSSR count). The summed E-state index contributed by atoms with van der Waals surface area (Å²) < 4.78 is 17.8. The highest BCUT2D eigenvalue weighted by Crippen LogP contribution is 2.12. The molecular formula is C9H11FN2O2. The molecule has 1 aromatic rings. The zero-order valence-electron chi connectivity index (χ0n) is 7.79. The molecule has 0 atom stereocenters. The van der Waals surface area contributed by atoms with E-state index in [9.17, 15) is 9.18 Å². The molecular weight excluding hydrogens is 187 g/mol. The third-order valence-corrected chi connectivity index (χ3v) is 1.46. The van der Waals surface area contributed by atoms with E-state index in [2.05, 4.69) is 10.3 Å². The number of hydrogen-bond donors (Lipinski definition) is 1. The Morgan fingerprint density at radius 3 is 3.14 bits per heavy atom. The summed E-state index contributed by atoms with van der Waals surface area (Å²) in [5.74, 6) is -1.01. The maximum absolute atomic E-state index is 12.9. The molecule has 0 saturated heterocycles. The van der Waals surface area contributed by atoms with Crippen LogP contribution in [0.25, 0.3) is 0 Å². The van der Waals surface area contributed by atoms with E-state index in [1.54, 1.807) is 6.92 Å². The van der Waals surface area contributed by atoms with Gasteiger partial charge in [0.05, 0.1) is 0 Å². The number of pyridine rings is 1. The van der Waals surface area contributed by atoms with Crippen molar-refractivity contribution in [1.82, 2.24) is 10.3 Å². The highest BCUT2D eigenvalue weighted by Gasteiger charge is 2.05. The Morgan fingerprint density at radius 2 is 2.50 bits per heavy atom. The number of carbonyl (C=O) groups excluding carboxylic acids is 1. The minimum Gasteiger partial charge on any atom is -0.479 e. The Kier molecular flexibility index (Phi) is 3.84. The fourth-order valence-corrected chi connectivity index (χ4v) is 0.870. The van der Waals surface area contributed by atoms with Crippen molar-refractivity contribution in [2.45, 2.75) is 6.92 Å². The maximum atomic E-state index is 12.9. The van der Waals surface area contributed by atoms with Gasteiger partial charge in [0.2, 0.25) is 0 Å². The van der Waals surface area contributed by atoms with Crippen molar-refractivity contribution in [3.05, 3.63) is 24.3 Å². The second-order valence-corrected chi connectivity index (χ2v) is 2.53. The SMILES string of the molecule is CCNC(=O)COc1cccnc1F. The summed E-state index contributed by atoms with van der Waals surface area (Å²) in [6.45, 7) is 2.12. The molecule has 0 aliphatic rings. The molecule has 1 heterocycles. The molecule has 0 spiro atoms. The number of aromatic nitrogens is 1. The summed E-state index contributed by atoms with van der Waals surface area (Å²) in [5, 5.41) is 2.53. The van der Waals surface area contributed by atoms with Crippen LogP contribution in [0.15, 0.2) is 18.3 Å². The van der Waals surface area contributed by atoms with Crippen molar-refractivity contribution < 1.29 is 13.9 Å². The molecule has 0 bridgehead atoms. The van der Waals surface area contributed by atoms with Gasteiger partial charge >= 0.3 is 0 Å². The van der Waals surface area contributed by atoms with E-state index < -0.39 is 5.95 Å².